The summed E-state index contributed by atoms with van der Waals surface area (Å²) in [5.41, 5.74) is 0.795. The Morgan fingerprint density at radius 1 is 1.24 bits per heavy atom. The van der Waals surface area contributed by atoms with Crippen molar-refractivity contribution >= 4 is 0 Å². The second kappa shape index (κ2) is 8.50. The summed E-state index contributed by atoms with van der Waals surface area (Å²) < 4.78 is 19.6. The molecule has 0 spiro atoms. The molecule has 1 N–H and O–H groups in total. The van der Waals surface area contributed by atoms with Gasteiger partial charge in [0.15, 0.2) is 0 Å². The van der Waals surface area contributed by atoms with Crippen molar-refractivity contribution in [3.8, 4) is 0 Å². The highest BCUT2D eigenvalue weighted by Crippen LogP contribution is 2.29. The van der Waals surface area contributed by atoms with Gasteiger partial charge in [-0.3, -0.25) is 0 Å². The van der Waals surface area contributed by atoms with Crippen LogP contribution in [0.3, 0.4) is 0 Å². The van der Waals surface area contributed by atoms with Crippen LogP contribution in [0.1, 0.15) is 32.3 Å². The van der Waals surface area contributed by atoms with Crippen molar-refractivity contribution in [3.05, 3.63) is 35.6 Å². The third-order valence-electron chi connectivity index (χ3n) is 3.86. The van der Waals surface area contributed by atoms with Crippen molar-refractivity contribution in [2.75, 3.05) is 26.3 Å². The Morgan fingerprint density at radius 3 is 2.67 bits per heavy atom. The molecule has 0 aromatic heterocycles. The Hall–Kier alpha value is -0.930. The van der Waals surface area contributed by atoms with Gasteiger partial charge >= 0.3 is 0 Å². The molecule has 1 unspecified atom stereocenters. The van der Waals surface area contributed by atoms with Crippen LogP contribution in [0.25, 0.3) is 0 Å². The molecule has 21 heavy (non-hydrogen) atoms. The third-order valence-corrected chi connectivity index (χ3v) is 3.86. The molecule has 1 aromatic carbocycles. The molecule has 1 aliphatic rings. The molecule has 1 atom stereocenters. The molecule has 0 bridgehead atoms. The van der Waals surface area contributed by atoms with Crippen LogP contribution in [0.15, 0.2) is 24.3 Å². The lowest BCUT2D eigenvalue weighted by molar-refractivity contribution is 0.0902. The van der Waals surface area contributed by atoms with Gasteiger partial charge in [-0.15, -0.1) is 0 Å². The molecule has 1 saturated carbocycles. The van der Waals surface area contributed by atoms with E-state index in [0.29, 0.717) is 11.8 Å². The Bertz CT molecular complexity index is 409. The van der Waals surface area contributed by atoms with Crippen molar-refractivity contribution in [1.29, 1.82) is 0 Å². The molecule has 1 aliphatic carbocycles. The number of rotatable bonds is 10. The quantitative estimate of drug-likeness (QED) is 0.711. The molecule has 0 saturated heterocycles. The van der Waals surface area contributed by atoms with Crippen molar-refractivity contribution < 1.29 is 9.13 Å². The van der Waals surface area contributed by atoms with Gasteiger partial charge in [-0.25, -0.2) is 4.39 Å². The van der Waals surface area contributed by atoms with Crippen LogP contribution in [0, 0.1) is 23.6 Å². The maximum Gasteiger partial charge on any atom is 0.126 e. The van der Waals surface area contributed by atoms with Gasteiger partial charge in [-0.05, 0) is 55.2 Å². The summed E-state index contributed by atoms with van der Waals surface area (Å²) in [6.07, 6.45) is 3.36. The lowest BCUT2D eigenvalue weighted by atomic mass is 9.99. The predicted molar refractivity (Wildman–Crippen MR) is 84.8 cm³/mol. The monoisotopic (exact) mass is 293 g/mol. The molecule has 0 heterocycles. The normalized spacial score (nSPS) is 16.4. The van der Waals surface area contributed by atoms with E-state index >= 15 is 0 Å². The topological polar surface area (TPSA) is 21.3 Å². The van der Waals surface area contributed by atoms with Gasteiger partial charge in [0.25, 0.3) is 0 Å². The number of benzene rings is 1. The summed E-state index contributed by atoms with van der Waals surface area (Å²) in [5.74, 6) is 1.64. The van der Waals surface area contributed by atoms with E-state index in [1.165, 1.54) is 12.8 Å². The minimum absolute atomic E-state index is 0.103. The van der Waals surface area contributed by atoms with Gasteiger partial charge in [0, 0.05) is 13.2 Å². The summed E-state index contributed by atoms with van der Waals surface area (Å²) in [6, 6.07) is 7.07. The van der Waals surface area contributed by atoms with Crippen LogP contribution in [0.2, 0.25) is 0 Å². The van der Waals surface area contributed by atoms with Crippen molar-refractivity contribution in [1.82, 2.24) is 5.32 Å². The molecular weight excluding hydrogens is 265 g/mol. The number of ether oxygens (including phenoxy) is 1. The van der Waals surface area contributed by atoms with Gasteiger partial charge in [-0.1, -0.05) is 32.0 Å². The third kappa shape index (κ3) is 6.58. The fourth-order valence-electron chi connectivity index (χ4n) is 2.43. The SMILES string of the molecule is CC(C)CNCC(COCC1CC1)Cc1ccccc1F. The van der Waals surface area contributed by atoms with E-state index in [1.807, 2.05) is 12.1 Å². The number of nitrogens with one attached hydrogen (secondary N) is 1. The first kappa shape index (κ1) is 16.4. The average Bonchev–Trinajstić information content (AvgIpc) is 3.25. The van der Waals surface area contributed by atoms with Crippen molar-refractivity contribution in [2.24, 2.45) is 17.8 Å². The number of hydrogen-bond donors (Lipinski definition) is 1. The van der Waals surface area contributed by atoms with E-state index in [-0.39, 0.29) is 5.82 Å². The Morgan fingerprint density at radius 2 is 2.00 bits per heavy atom. The highest BCUT2D eigenvalue weighted by atomic mass is 19.1. The first-order valence-electron chi connectivity index (χ1n) is 8.17. The van der Waals surface area contributed by atoms with Gasteiger partial charge < -0.3 is 10.1 Å². The molecular formula is C18H28FNO. The van der Waals surface area contributed by atoms with Gasteiger partial charge in [0.05, 0.1) is 6.61 Å². The van der Waals surface area contributed by atoms with E-state index < -0.39 is 0 Å². The van der Waals surface area contributed by atoms with Gasteiger partial charge in [0.2, 0.25) is 0 Å². The molecule has 2 nitrogen and oxygen atoms in total. The second-order valence-corrected chi connectivity index (χ2v) is 6.69. The van der Waals surface area contributed by atoms with Crippen LogP contribution in [0.4, 0.5) is 4.39 Å². The van der Waals surface area contributed by atoms with Crippen LogP contribution in [0.5, 0.6) is 0 Å². The van der Waals surface area contributed by atoms with Gasteiger partial charge in [-0.2, -0.15) is 0 Å². The zero-order chi connectivity index (χ0) is 15.1. The van der Waals surface area contributed by atoms with E-state index in [9.17, 15) is 4.39 Å². The highest BCUT2D eigenvalue weighted by Gasteiger charge is 2.22. The molecule has 1 aromatic rings. The lowest BCUT2D eigenvalue weighted by Crippen LogP contribution is -2.30. The minimum atomic E-state index is -0.103. The molecule has 0 amide bonds. The van der Waals surface area contributed by atoms with E-state index in [0.717, 1.165) is 44.2 Å². The van der Waals surface area contributed by atoms with E-state index in [2.05, 4.69) is 19.2 Å². The summed E-state index contributed by atoms with van der Waals surface area (Å²) in [6.45, 7) is 7.87. The Balaban J connectivity index is 1.81. The summed E-state index contributed by atoms with van der Waals surface area (Å²) in [5, 5.41) is 3.48. The molecule has 1 fully saturated rings. The van der Waals surface area contributed by atoms with Gasteiger partial charge in [0.1, 0.15) is 5.82 Å². The smallest absolute Gasteiger partial charge is 0.126 e. The molecule has 0 radical (unpaired) electrons. The second-order valence-electron chi connectivity index (χ2n) is 6.69. The molecule has 0 aliphatic heterocycles. The zero-order valence-electron chi connectivity index (χ0n) is 13.3. The fraction of sp³-hybridized carbons (Fsp3) is 0.667. The minimum Gasteiger partial charge on any atom is -0.381 e. The summed E-state index contributed by atoms with van der Waals surface area (Å²) >= 11 is 0. The highest BCUT2D eigenvalue weighted by molar-refractivity contribution is 5.17. The first-order valence-corrected chi connectivity index (χ1v) is 8.17. The molecule has 118 valence electrons. The van der Waals surface area contributed by atoms with Crippen LogP contribution in [-0.4, -0.2) is 26.3 Å². The number of hydrogen-bond acceptors (Lipinski definition) is 2. The average molecular weight is 293 g/mol. The maximum atomic E-state index is 13.8. The van der Waals surface area contributed by atoms with Crippen molar-refractivity contribution in [2.45, 2.75) is 33.1 Å². The maximum absolute atomic E-state index is 13.8. The fourth-order valence-corrected chi connectivity index (χ4v) is 2.43. The van der Waals surface area contributed by atoms with Crippen LogP contribution in [-0.2, 0) is 11.2 Å². The molecule has 2 rings (SSSR count). The number of halogens is 1. The molecule has 3 heteroatoms. The van der Waals surface area contributed by atoms with Crippen LogP contribution < -0.4 is 5.32 Å². The van der Waals surface area contributed by atoms with E-state index in [4.69, 9.17) is 4.74 Å². The zero-order valence-corrected chi connectivity index (χ0v) is 13.3. The standard InChI is InChI=1S/C18H28FNO/c1-14(2)10-20-11-16(13-21-12-15-7-8-15)9-17-5-3-4-6-18(17)19/h3-6,14-16,20H,7-13H2,1-2H3. The van der Waals surface area contributed by atoms with Crippen molar-refractivity contribution in [3.63, 3.8) is 0 Å². The lowest BCUT2D eigenvalue weighted by Gasteiger charge is -2.19. The predicted octanol–water partition coefficient (Wildman–Crippen LogP) is 3.66. The van der Waals surface area contributed by atoms with E-state index in [1.54, 1.807) is 12.1 Å². The first-order chi connectivity index (χ1) is 10.1. The summed E-state index contributed by atoms with van der Waals surface area (Å²) in [7, 11) is 0. The Labute approximate surface area is 128 Å². The van der Waals surface area contributed by atoms with Crippen LogP contribution >= 0.6 is 0 Å². The summed E-state index contributed by atoms with van der Waals surface area (Å²) in [4.78, 5) is 0. The largest absolute Gasteiger partial charge is 0.381 e. The Kier molecular flexibility index (Phi) is 6.65.